The molecule has 0 spiro atoms. The van der Waals surface area contributed by atoms with E-state index >= 15 is 0 Å². The summed E-state index contributed by atoms with van der Waals surface area (Å²) < 4.78 is 18.1. The van der Waals surface area contributed by atoms with Gasteiger partial charge in [-0.05, 0) is 110 Å². The third kappa shape index (κ3) is 14.8. The van der Waals surface area contributed by atoms with Crippen molar-refractivity contribution in [3.8, 4) is 0 Å². The van der Waals surface area contributed by atoms with E-state index in [9.17, 15) is 20.1 Å². The molecule has 0 aromatic rings. The van der Waals surface area contributed by atoms with Crippen molar-refractivity contribution in [3.05, 3.63) is 11.6 Å². The minimum atomic E-state index is -1.44. The second-order valence-electron chi connectivity index (χ2n) is 23.1. The van der Waals surface area contributed by atoms with Crippen LogP contribution >= 0.6 is 0 Å². The fourth-order valence-corrected chi connectivity index (χ4v) is 13.7. The van der Waals surface area contributed by atoms with E-state index in [1.54, 1.807) is 0 Å². The monoisotopic (exact) mass is 885 g/mol. The van der Waals surface area contributed by atoms with Crippen molar-refractivity contribution in [2.75, 3.05) is 6.61 Å². The fraction of sp³-hybridized carbons (Fsp3) is 0.946. The molecular weight excluding hydrogens is 785 g/mol. The SMILES string of the molecule is CCCCCCCCCCCCCCCCCCCCCC(=O)OCC1OC(OC2CCC3(C)C(=CCC4C3CCC3(C)C(C(C)CCC(C)C(C)C)CCC43)C2)C(O)C(O)C1O. The second-order valence-corrected chi connectivity index (χ2v) is 23.1. The van der Waals surface area contributed by atoms with Gasteiger partial charge in [0.1, 0.15) is 31.0 Å². The average Bonchev–Trinajstić information content (AvgIpc) is 3.63. The Balaban J connectivity index is 0.954. The smallest absolute Gasteiger partial charge is 0.305 e. The summed E-state index contributed by atoms with van der Waals surface area (Å²) in [6.45, 7) is 17.0. The lowest BCUT2D eigenvalue weighted by atomic mass is 9.47. The summed E-state index contributed by atoms with van der Waals surface area (Å²) in [4.78, 5) is 12.7. The van der Waals surface area contributed by atoms with Gasteiger partial charge in [0.05, 0.1) is 6.10 Å². The Labute approximate surface area is 387 Å². The van der Waals surface area contributed by atoms with Crippen LogP contribution in [0.4, 0.5) is 0 Å². The minimum Gasteiger partial charge on any atom is -0.463 e. The molecule has 0 aromatic heterocycles. The summed E-state index contributed by atoms with van der Waals surface area (Å²) in [7, 11) is 0. The first-order valence-electron chi connectivity index (χ1n) is 27.5. The average molecular weight is 885 g/mol. The summed E-state index contributed by atoms with van der Waals surface area (Å²) in [5.74, 6) is 5.17. The molecule has 63 heavy (non-hydrogen) atoms. The molecule has 0 bridgehead atoms. The van der Waals surface area contributed by atoms with Gasteiger partial charge in [-0.3, -0.25) is 4.79 Å². The molecule has 1 saturated heterocycles. The summed E-state index contributed by atoms with van der Waals surface area (Å²) in [6, 6.07) is 0. The van der Waals surface area contributed by atoms with Crippen LogP contribution in [-0.2, 0) is 19.0 Å². The van der Waals surface area contributed by atoms with Gasteiger partial charge in [0.15, 0.2) is 6.29 Å². The molecule has 4 aliphatic carbocycles. The molecule has 0 aromatic carbocycles. The maximum absolute atomic E-state index is 12.7. The van der Waals surface area contributed by atoms with E-state index in [2.05, 4.69) is 54.5 Å². The number of carbonyl (C=O) groups is 1. The summed E-state index contributed by atoms with van der Waals surface area (Å²) >= 11 is 0. The highest BCUT2D eigenvalue weighted by atomic mass is 16.7. The molecule has 14 unspecified atom stereocenters. The molecular formula is C56H100O7. The van der Waals surface area contributed by atoms with E-state index in [0.717, 1.165) is 80.5 Å². The molecule has 1 heterocycles. The number of fused-ring (bicyclic) bond motifs is 5. The van der Waals surface area contributed by atoms with Crippen LogP contribution in [0.3, 0.4) is 0 Å². The largest absolute Gasteiger partial charge is 0.463 e. The quantitative estimate of drug-likeness (QED) is 0.0390. The zero-order valence-electron chi connectivity index (χ0n) is 42.0. The predicted octanol–water partition coefficient (Wildman–Crippen LogP) is 13.8. The lowest BCUT2D eigenvalue weighted by Gasteiger charge is -2.58. The minimum absolute atomic E-state index is 0.140. The van der Waals surface area contributed by atoms with Crippen LogP contribution in [-0.4, -0.2) is 64.7 Å². The number of carbonyl (C=O) groups excluding carboxylic acids is 1. The summed E-state index contributed by atoms with van der Waals surface area (Å²) in [6.07, 6.45) is 33.5. The van der Waals surface area contributed by atoms with Gasteiger partial charge in [0, 0.05) is 6.42 Å². The van der Waals surface area contributed by atoms with Crippen LogP contribution < -0.4 is 0 Å². The lowest BCUT2D eigenvalue weighted by Crippen LogP contribution is -2.60. The van der Waals surface area contributed by atoms with E-state index in [-0.39, 0.29) is 24.1 Å². The molecule has 1 aliphatic heterocycles. The second kappa shape index (κ2) is 26.5. The Kier molecular flexibility index (Phi) is 22.3. The molecule has 3 saturated carbocycles. The van der Waals surface area contributed by atoms with Gasteiger partial charge < -0.3 is 29.5 Å². The van der Waals surface area contributed by atoms with E-state index in [1.807, 2.05) is 0 Å². The van der Waals surface area contributed by atoms with Crippen molar-refractivity contribution in [2.24, 2.45) is 52.3 Å². The standard InChI is InChI=1S/C56H100O7/c1-8-9-10-11-12-13-14-15-16-17-18-19-20-21-22-23-24-25-26-27-50(57)61-39-49-51(58)52(59)53(60)54(63-49)62-44-34-36-55(6)43(38-44)30-31-45-47-33-32-46(56(47,7)37-35-48(45)55)42(5)29-28-41(4)40(2)3/h30,40-42,44-49,51-54,58-60H,8-29,31-39H2,1-7H3. The van der Waals surface area contributed by atoms with Crippen molar-refractivity contribution in [1.29, 1.82) is 0 Å². The topological polar surface area (TPSA) is 105 Å². The fourth-order valence-electron chi connectivity index (χ4n) is 13.7. The van der Waals surface area contributed by atoms with Crippen LogP contribution in [0.2, 0.25) is 0 Å². The Hall–Kier alpha value is -0.990. The summed E-state index contributed by atoms with van der Waals surface area (Å²) in [5, 5.41) is 32.6. The van der Waals surface area contributed by atoms with Crippen LogP contribution in [0.25, 0.3) is 0 Å². The van der Waals surface area contributed by atoms with Crippen molar-refractivity contribution >= 4 is 5.97 Å². The van der Waals surface area contributed by atoms with E-state index in [0.29, 0.717) is 17.8 Å². The van der Waals surface area contributed by atoms with Gasteiger partial charge in [0.2, 0.25) is 0 Å². The first-order chi connectivity index (χ1) is 30.3. The van der Waals surface area contributed by atoms with Crippen LogP contribution in [0.1, 0.15) is 241 Å². The van der Waals surface area contributed by atoms with Gasteiger partial charge in [-0.2, -0.15) is 0 Å². The van der Waals surface area contributed by atoms with Crippen molar-refractivity contribution in [3.63, 3.8) is 0 Å². The molecule has 7 heteroatoms. The number of unbranched alkanes of at least 4 members (excludes halogenated alkanes) is 18. The van der Waals surface area contributed by atoms with Gasteiger partial charge >= 0.3 is 5.97 Å². The first kappa shape index (κ1) is 53.0. The molecule has 3 N–H and O–H groups in total. The van der Waals surface area contributed by atoms with Gasteiger partial charge in [-0.1, -0.05) is 189 Å². The number of aliphatic hydroxyl groups is 3. The number of hydrogen-bond acceptors (Lipinski definition) is 7. The molecule has 5 rings (SSSR count). The highest BCUT2D eigenvalue weighted by Gasteiger charge is 2.59. The van der Waals surface area contributed by atoms with Crippen molar-refractivity contribution in [1.82, 2.24) is 0 Å². The van der Waals surface area contributed by atoms with Crippen molar-refractivity contribution < 1.29 is 34.3 Å². The zero-order valence-corrected chi connectivity index (χ0v) is 42.0. The van der Waals surface area contributed by atoms with E-state index in [4.69, 9.17) is 14.2 Å². The van der Waals surface area contributed by atoms with E-state index in [1.165, 1.54) is 147 Å². The highest BCUT2D eigenvalue weighted by Crippen LogP contribution is 2.67. The molecule has 14 atom stereocenters. The molecule has 5 aliphatic rings. The molecule has 0 amide bonds. The van der Waals surface area contributed by atoms with Crippen LogP contribution in [0.5, 0.6) is 0 Å². The normalized spacial score (nSPS) is 35.1. The lowest BCUT2D eigenvalue weighted by molar-refractivity contribution is -0.313. The number of esters is 1. The van der Waals surface area contributed by atoms with Crippen molar-refractivity contribution in [2.45, 2.75) is 278 Å². The zero-order chi connectivity index (χ0) is 45.4. The Morgan fingerprint density at radius 3 is 1.89 bits per heavy atom. The van der Waals surface area contributed by atoms with E-state index < -0.39 is 30.7 Å². The van der Waals surface area contributed by atoms with Crippen LogP contribution in [0, 0.1) is 52.3 Å². The Morgan fingerprint density at radius 2 is 1.30 bits per heavy atom. The number of aliphatic hydroxyl groups excluding tert-OH is 3. The van der Waals surface area contributed by atoms with Crippen LogP contribution in [0.15, 0.2) is 11.6 Å². The number of rotatable bonds is 29. The number of hydrogen-bond donors (Lipinski definition) is 3. The molecule has 366 valence electrons. The maximum atomic E-state index is 12.7. The Bertz CT molecular complexity index is 1330. The third-order valence-corrected chi connectivity index (χ3v) is 18.4. The van der Waals surface area contributed by atoms with Gasteiger partial charge in [0.25, 0.3) is 0 Å². The highest BCUT2D eigenvalue weighted by molar-refractivity contribution is 5.69. The third-order valence-electron chi connectivity index (χ3n) is 18.4. The molecule has 0 radical (unpaired) electrons. The number of ether oxygens (including phenoxy) is 3. The molecule has 4 fully saturated rings. The number of allylic oxidation sites excluding steroid dienone is 1. The summed E-state index contributed by atoms with van der Waals surface area (Å²) in [5.41, 5.74) is 2.13. The predicted molar refractivity (Wildman–Crippen MR) is 258 cm³/mol. The van der Waals surface area contributed by atoms with Gasteiger partial charge in [-0.25, -0.2) is 0 Å². The maximum Gasteiger partial charge on any atom is 0.305 e. The first-order valence-corrected chi connectivity index (χ1v) is 27.5. The van der Waals surface area contributed by atoms with Gasteiger partial charge in [-0.15, -0.1) is 0 Å². The molecule has 7 nitrogen and oxygen atoms in total. The Morgan fingerprint density at radius 1 is 0.714 bits per heavy atom.